The first-order valence-electron chi connectivity index (χ1n) is 12.2. The topological polar surface area (TPSA) is 87.2 Å². The minimum Gasteiger partial charge on any atom is -0.493 e. The molecule has 6 heteroatoms. The lowest BCUT2D eigenvalue weighted by molar-refractivity contribution is 0.0912. The van der Waals surface area contributed by atoms with Gasteiger partial charge in [0.1, 0.15) is 5.75 Å². The maximum absolute atomic E-state index is 13.5. The van der Waals surface area contributed by atoms with Gasteiger partial charge in [0.25, 0.3) is 5.91 Å². The molecule has 5 rings (SSSR count). The summed E-state index contributed by atoms with van der Waals surface area (Å²) in [6.45, 7) is 2.36. The van der Waals surface area contributed by atoms with Crippen LogP contribution in [0.5, 0.6) is 5.75 Å². The maximum Gasteiger partial charge on any atom is 0.255 e. The number of carbonyl (C=O) groups excluding carboxylic acids is 1. The molecule has 0 aliphatic rings. The number of nitrogens with one attached hydrogen (secondary N) is 2. The number of para-hydroxylation sites is 2. The zero-order valence-corrected chi connectivity index (χ0v) is 20.2. The van der Waals surface area contributed by atoms with Crippen LogP contribution in [0.2, 0.25) is 0 Å². The van der Waals surface area contributed by atoms with Crippen molar-refractivity contribution in [2.45, 2.75) is 25.8 Å². The molecule has 0 fully saturated rings. The van der Waals surface area contributed by atoms with Crippen molar-refractivity contribution in [1.29, 1.82) is 0 Å². The zero-order chi connectivity index (χ0) is 24.9. The van der Waals surface area contributed by atoms with Gasteiger partial charge in [0.15, 0.2) is 0 Å². The van der Waals surface area contributed by atoms with Crippen molar-refractivity contribution in [3.63, 3.8) is 0 Å². The molecule has 0 saturated carbocycles. The van der Waals surface area contributed by atoms with E-state index >= 15 is 0 Å². The number of H-pyrrole nitrogens is 1. The number of aromatic nitrogens is 2. The molecule has 36 heavy (non-hydrogen) atoms. The van der Waals surface area contributed by atoms with Crippen molar-refractivity contribution in [1.82, 2.24) is 15.3 Å². The standard InChI is InChI=1S/C30H29N3O3/c1-2-13-36-29-12-11-20(22-14-21-7-3-5-9-27(21)31-17-22)16-26(29)30(35)33-24(19-34)15-23-18-32-28-10-6-4-8-25(23)28/h3-12,14,16-18,24,32,34H,2,13,15,19H2,1H3,(H,33,35)/t24-/m0/s1. The molecular formula is C30H29N3O3. The Morgan fingerprint density at radius 3 is 2.75 bits per heavy atom. The van der Waals surface area contributed by atoms with Crippen molar-refractivity contribution >= 4 is 27.7 Å². The lowest BCUT2D eigenvalue weighted by Gasteiger charge is -2.18. The predicted octanol–water partition coefficient (Wildman–Crippen LogP) is 5.51. The highest BCUT2D eigenvalue weighted by atomic mass is 16.5. The van der Waals surface area contributed by atoms with Crippen LogP contribution < -0.4 is 10.1 Å². The van der Waals surface area contributed by atoms with Gasteiger partial charge in [-0.25, -0.2) is 0 Å². The smallest absolute Gasteiger partial charge is 0.255 e. The number of aliphatic hydroxyl groups is 1. The fourth-order valence-corrected chi connectivity index (χ4v) is 4.44. The Morgan fingerprint density at radius 2 is 1.89 bits per heavy atom. The van der Waals surface area contributed by atoms with Crippen LogP contribution in [0.3, 0.4) is 0 Å². The van der Waals surface area contributed by atoms with Gasteiger partial charge in [-0.05, 0) is 54.3 Å². The molecule has 182 valence electrons. The summed E-state index contributed by atoms with van der Waals surface area (Å²) < 4.78 is 5.90. The van der Waals surface area contributed by atoms with E-state index in [2.05, 4.69) is 21.4 Å². The molecule has 2 aromatic heterocycles. The number of carbonyl (C=O) groups is 1. The fourth-order valence-electron chi connectivity index (χ4n) is 4.44. The fraction of sp³-hybridized carbons (Fsp3) is 0.200. The second-order valence-electron chi connectivity index (χ2n) is 8.89. The molecule has 0 aliphatic heterocycles. The molecule has 1 amide bonds. The quantitative estimate of drug-likeness (QED) is 0.260. The van der Waals surface area contributed by atoms with E-state index in [0.717, 1.165) is 44.9 Å². The second-order valence-corrected chi connectivity index (χ2v) is 8.89. The summed E-state index contributed by atoms with van der Waals surface area (Å²) in [5.74, 6) is 0.242. The first kappa shape index (κ1) is 23.6. The van der Waals surface area contributed by atoms with Gasteiger partial charge in [-0.2, -0.15) is 0 Å². The van der Waals surface area contributed by atoms with E-state index < -0.39 is 6.04 Å². The van der Waals surface area contributed by atoms with E-state index in [1.165, 1.54) is 0 Å². The monoisotopic (exact) mass is 479 g/mol. The normalized spacial score (nSPS) is 12.1. The summed E-state index contributed by atoms with van der Waals surface area (Å²) >= 11 is 0. The summed E-state index contributed by atoms with van der Waals surface area (Å²) in [5.41, 5.74) is 5.23. The summed E-state index contributed by atoms with van der Waals surface area (Å²) in [4.78, 5) is 21.3. The Kier molecular flexibility index (Phi) is 6.96. The minimum atomic E-state index is -0.443. The minimum absolute atomic E-state index is 0.176. The molecule has 3 N–H and O–H groups in total. The molecule has 2 heterocycles. The van der Waals surface area contributed by atoms with Crippen molar-refractivity contribution in [2.75, 3.05) is 13.2 Å². The number of aromatic amines is 1. The van der Waals surface area contributed by atoms with Crippen LogP contribution in [0, 0.1) is 0 Å². The Bertz CT molecular complexity index is 1510. The molecule has 1 atom stereocenters. The van der Waals surface area contributed by atoms with Gasteiger partial charge < -0.3 is 20.1 Å². The second kappa shape index (κ2) is 10.6. The van der Waals surface area contributed by atoms with Crippen molar-refractivity contribution in [3.8, 4) is 16.9 Å². The molecule has 3 aromatic carbocycles. The number of ether oxygens (including phenoxy) is 1. The van der Waals surface area contributed by atoms with Crippen molar-refractivity contribution in [2.24, 2.45) is 0 Å². The largest absolute Gasteiger partial charge is 0.493 e. The van der Waals surface area contributed by atoms with E-state index in [1.807, 2.05) is 86.0 Å². The molecule has 5 aromatic rings. The third-order valence-corrected chi connectivity index (χ3v) is 6.31. The van der Waals surface area contributed by atoms with Gasteiger partial charge in [0.2, 0.25) is 0 Å². The summed E-state index contributed by atoms with van der Waals surface area (Å²) in [6, 6.07) is 23.2. The SMILES string of the molecule is CCCOc1ccc(-c2cnc3ccccc3c2)cc1C(=O)N[C@H](CO)Cc1c[nH]c2ccccc12. The molecule has 0 bridgehead atoms. The van der Waals surface area contributed by atoms with E-state index in [1.54, 1.807) is 0 Å². The van der Waals surface area contributed by atoms with Crippen molar-refractivity contribution in [3.05, 3.63) is 96.3 Å². The number of aliphatic hydroxyl groups excluding tert-OH is 1. The van der Waals surface area contributed by atoms with Crippen LogP contribution in [0.1, 0.15) is 29.3 Å². The number of hydrogen-bond donors (Lipinski definition) is 3. The molecule has 6 nitrogen and oxygen atoms in total. The predicted molar refractivity (Wildman–Crippen MR) is 143 cm³/mol. The lowest BCUT2D eigenvalue weighted by Crippen LogP contribution is -2.39. The van der Waals surface area contributed by atoms with E-state index in [4.69, 9.17) is 4.74 Å². The Morgan fingerprint density at radius 1 is 1.06 bits per heavy atom. The highest BCUT2D eigenvalue weighted by molar-refractivity contribution is 5.99. The van der Waals surface area contributed by atoms with Gasteiger partial charge in [-0.3, -0.25) is 9.78 Å². The maximum atomic E-state index is 13.5. The average Bonchev–Trinajstić information content (AvgIpc) is 3.33. The summed E-state index contributed by atoms with van der Waals surface area (Å²) in [6.07, 6.45) is 5.09. The number of hydrogen-bond acceptors (Lipinski definition) is 4. The van der Waals surface area contributed by atoms with Crippen LogP contribution in [-0.4, -0.2) is 40.2 Å². The van der Waals surface area contributed by atoms with Gasteiger partial charge in [-0.15, -0.1) is 0 Å². The third-order valence-electron chi connectivity index (χ3n) is 6.31. The first-order chi connectivity index (χ1) is 17.7. The van der Waals surface area contributed by atoms with Crippen LogP contribution >= 0.6 is 0 Å². The van der Waals surface area contributed by atoms with Gasteiger partial charge in [0.05, 0.1) is 30.3 Å². The summed E-state index contributed by atoms with van der Waals surface area (Å²) in [7, 11) is 0. The molecule has 0 spiro atoms. The number of pyridine rings is 1. The van der Waals surface area contributed by atoms with E-state index in [9.17, 15) is 9.90 Å². The van der Waals surface area contributed by atoms with E-state index in [-0.39, 0.29) is 12.5 Å². The number of nitrogens with zero attached hydrogens (tertiary/aromatic N) is 1. The van der Waals surface area contributed by atoms with Gasteiger partial charge in [0, 0.05) is 34.2 Å². The third kappa shape index (κ3) is 4.95. The zero-order valence-electron chi connectivity index (χ0n) is 20.2. The number of fused-ring (bicyclic) bond motifs is 2. The average molecular weight is 480 g/mol. The van der Waals surface area contributed by atoms with Crippen LogP contribution in [0.15, 0.2) is 85.2 Å². The number of amides is 1. The van der Waals surface area contributed by atoms with Crippen LogP contribution in [0.25, 0.3) is 32.9 Å². The number of rotatable bonds is 9. The molecule has 0 unspecified atom stereocenters. The molecule has 0 radical (unpaired) electrons. The summed E-state index contributed by atoms with van der Waals surface area (Å²) in [5, 5.41) is 15.2. The Labute approximate surface area is 210 Å². The number of benzene rings is 3. The Hall–Kier alpha value is -4.16. The highest BCUT2D eigenvalue weighted by Crippen LogP contribution is 2.29. The molecule has 0 saturated heterocycles. The van der Waals surface area contributed by atoms with Crippen LogP contribution in [0.4, 0.5) is 0 Å². The molecular weight excluding hydrogens is 450 g/mol. The van der Waals surface area contributed by atoms with E-state index in [0.29, 0.717) is 24.3 Å². The Balaban J connectivity index is 1.43. The highest BCUT2D eigenvalue weighted by Gasteiger charge is 2.20. The lowest BCUT2D eigenvalue weighted by atomic mass is 10.0. The van der Waals surface area contributed by atoms with Gasteiger partial charge >= 0.3 is 0 Å². The van der Waals surface area contributed by atoms with Gasteiger partial charge in [-0.1, -0.05) is 49.4 Å². The first-order valence-corrected chi connectivity index (χ1v) is 12.2. The molecule has 0 aliphatic carbocycles. The van der Waals surface area contributed by atoms with Crippen molar-refractivity contribution < 1.29 is 14.6 Å². The van der Waals surface area contributed by atoms with Crippen LogP contribution in [-0.2, 0) is 6.42 Å².